The first kappa shape index (κ1) is 19.6. The lowest BCUT2D eigenvalue weighted by Gasteiger charge is -2.44. The molecule has 0 spiro atoms. The van der Waals surface area contributed by atoms with Gasteiger partial charge >= 0.3 is 0 Å². The van der Waals surface area contributed by atoms with Crippen LogP contribution >= 0.6 is 0 Å². The molecule has 3 heterocycles. The van der Waals surface area contributed by atoms with Crippen LogP contribution in [0.5, 0.6) is 5.88 Å². The smallest absolute Gasteiger partial charge is 0.259 e. The van der Waals surface area contributed by atoms with Gasteiger partial charge in [-0.3, -0.25) is 9.59 Å². The molecular weight excluding hydrogens is 370 g/mol. The molecule has 0 N–H and O–H groups in total. The molecule has 2 atom stereocenters. The third-order valence-corrected chi connectivity index (χ3v) is 6.73. The highest BCUT2D eigenvalue weighted by molar-refractivity contribution is 7.91. The molecule has 2 fully saturated rings. The Morgan fingerprint density at radius 1 is 1.22 bits per heavy atom. The normalized spacial score (nSPS) is 24.0. The summed E-state index contributed by atoms with van der Waals surface area (Å²) in [4.78, 5) is 33.0. The molecule has 2 aliphatic heterocycles. The zero-order chi connectivity index (χ0) is 19.8. The van der Waals surface area contributed by atoms with Crippen molar-refractivity contribution in [1.82, 2.24) is 14.8 Å². The number of fused-ring (bicyclic) bond motifs is 1. The Balaban J connectivity index is 1.89. The van der Waals surface area contributed by atoms with Gasteiger partial charge in [0.1, 0.15) is 5.56 Å². The maximum Gasteiger partial charge on any atom is 0.259 e. The fourth-order valence-corrected chi connectivity index (χ4v) is 5.83. The van der Waals surface area contributed by atoms with Crippen LogP contribution in [0.25, 0.3) is 0 Å². The second-order valence-electron chi connectivity index (χ2n) is 7.46. The van der Waals surface area contributed by atoms with E-state index in [1.165, 1.54) is 13.3 Å². The van der Waals surface area contributed by atoms with Gasteiger partial charge in [0.15, 0.2) is 9.84 Å². The first-order valence-electron chi connectivity index (χ1n) is 9.03. The highest BCUT2D eigenvalue weighted by Gasteiger charge is 2.49. The summed E-state index contributed by atoms with van der Waals surface area (Å²) in [5.41, 5.74) is 0.296. The molecule has 27 heavy (non-hydrogen) atoms. The number of amides is 2. The van der Waals surface area contributed by atoms with E-state index in [0.717, 1.165) is 0 Å². The standard InChI is InChI=1S/C18H25N3O5S/c1-12(2)9-16(22)20-7-8-21(15-11-27(24,25)10-14(15)20)18(23)13-5-4-6-19-17(13)26-3/h4-6,12,14-15H,7-11H2,1-3H3/t14-,15+/m1/s1. The van der Waals surface area contributed by atoms with Crippen LogP contribution in [0.3, 0.4) is 0 Å². The number of aromatic nitrogens is 1. The van der Waals surface area contributed by atoms with Crippen LogP contribution in [-0.2, 0) is 14.6 Å². The molecule has 9 heteroatoms. The van der Waals surface area contributed by atoms with Crippen LogP contribution in [0.2, 0.25) is 0 Å². The summed E-state index contributed by atoms with van der Waals surface area (Å²) in [5, 5.41) is 0. The summed E-state index contributed by atoms with van der Waals surface area (Å²) in [7, 11) is -1.89. The summed E-state index contributed by atoms with van der Waals surface area (Å²) >= 11 is 0. The number of hydrogen-bond donors (Lipinski definition) is 0. The molecule has 148 valence electrons. The zero-order valence-corrected chi connectivity index (χ0v) is 16.6. The molecule has 1 aromatic rings. The van der Waals surface area contributed by atoms with Crippen LogP contribution in [0.4, 0.5) is 0 Å². The minimum atomic E-state index is -3.32. The van der Waals surface area contributed by atoms with E-state index >= 15 is 0 Å². The zero-order valence-electron chi connectivity index (χ0n) is 15.8. The predicted molar refractivity (Wildman–Crippen MR) is 99.2 cm³/mol. The second-order valence-corrected chi connectivity index (χ2v) is 9.61. The molecule has 0 bridgehead atoms. The maximum absolute atomic E-state index is 13.1. The van der Waals surface area contributed by atoms with Crippen LogP contribution in [0, 0.1) is 5.92 Å². The Kier molecular flexibility index (Phi) is 5.41. The molecule has 0 aliphatic carbocycles. The number of carbonyl (C=O) groups is 2. The van der Waals surface area contributed by atoms with Gasteiger partial charge in [-0.1, -0.05) is 13.8 Å². The Labute approximate surface area is 159 Å². The predicted octanol–water partition coefficient (Wildman–Crippen LogP) is 0.586. The van der Waals surface area contributed by atoms with Gasteiger partial charge in [0.25, 0.3) is 5.91 Å². The van der Waals surface area contributed by atoms with Crippen molar-refractivity contribution in [2.75, 3.05) is 31.7 Å². The third kappa shape index (κ3) is 3.92. The first-order valence-corrected chi connectivity index (χ1v) is 10.9. The summed E-state index contributed by atoms with van der Waals surface area (Å²) in [5.74, 6) is -0.204. The van der Waals surface area contributed by atoms with Crippen molar-refractivity contribution in [3.8, 4) is 5.88 Å². The van der Waals surface area contributed by atoms with E-state index in [9.17, 15) is 18.0 Å². The fourth-order valence-electron chi connectivity index (χ4n) is 3.85. The molecule has 0 unspecified atom stereocenters. The van der Waals surface area contributed by atoms with E-state index in [2.05, 4.69) is 4.98 Å². The van der Waals surface area contributed by atoms with Crippen molar-refractivity contribution in [2.24, 2.45) is 5.92 Å². The van der Waals surface area contributed by atoms with Gasteiger partial charge in [0.2, 0.25) is 11.8 Å². The maximum atomic E-state index is 13.1. The molecule has 2 saturated heterocycles. The lowest BCUT2D eigenvalue weighted by atomic mass is 10.0. The van der Waals surface area contributed by atoms with Crippen molar-refractivity contribution in [3.05, 3.63) is 23.9 Å². The number of rotatable bonds is 4. The van der Waals surface area contributed by atoms with E-state index in [1.54, 1.807) is 21.9 Å². The Morgan fingerprint density at radius 2 is 1.85 bits per heavy atom. The van der Waals surface area contributed by atoms with Gasteiger partial charge in [-0.2, -0.15) is 0 Å². The number of carbonyl (C=O) groups excluding carboxylic acids is 2. The third-order valence-electron chi connectivity index (χ3n) is 5.03. The molecule has 0 aromatic carbocycles. The molecule has 8 nitrogen and oxygen atoms in total. The van der Waals surface area contributed by atoms with E-state index in [0.29, 0.717) is 18.5 Å². The van der Waals surface area contributed by atoms with Crippen molar-refractivity contribution in [2.45, 2.75) is 32.4 Å². The quantitative estimate of drug-likeness (QED) is 0.740. The monoisotopic (exact) mass is 395 g/mol. The lowest BCUT2D eigenvalue weighted by Crippen LogP contribution is -2.62. The molecule has 1 aromatic heterocycles. The van der Waals surface area contributed by atoms with Gasteiger partial charge in [0, 0.05) is 25.7 Å². The van der Waals surface area contributed by atoms with Gasteiger partial charge < -0.3 is 14.5 Å². The van der Waals surface area contributed by atoms with Crippen molar-refractivity contribution >= 4 is 21.7 Å². The number of piperazine rings is 1. The number of sulfone groups is 1. The van der Waals surface area contributed by atoms with Crippen LogP contribution < -0.4 is 4.74 Å². The number of pyridine rings is 1. The minimum absolute atomic E-state index is 0.0526. The summed E-state index contributed by atoms with van der Waals surface area (Å²) < 4.78 is 29.8. The summed E-state index contributed by atoms with van der Waals surface area (Å²) in [6.07, 6.45) is 1.90. The average Bonchev–Trinajstić information content (AvgIpc) is 2.94. The topological polar surface area (TPSA) is 96.9 Å². The van der Waals surface area contributed by atoms with Crippen LogP contribution in [0.15, 0.2) is 18.3 Å². The SMILES string of the molecule is COc1ncccc1C(=O)N1CCN(C(=O)CC(C)C)[C@@H]2CS(=O)(=O)C[C@@H]21. The second kappa shape index (κ2) is 7.46. The molecule has 3 rings (SSSR count). The van der Waals surface area contributed by atoms with Crippen molar-refractivity contribution < 1.29 is 22.7 Å². The number of hydrogen-bond acceptors (Lipinski definition) is 6. The Hall–Kier alpha value is -2.16. The Morgan fingerprint density at radius 3 is 2.48 bits per heavy atom. The largest absolute Gasteiger partial charge is 0.480 e. The summed E-state index contributed by atoms with van der Waals surface area (Å²) in [6, 6.07) is 2.21. The lowest BCUT2D eigenvalue weighted by molar-refractivity contribution is -0.137. The molecule has 0 saturated carbocycles. The van der Waals surface area contributed by atoms with E-state index in [1.807, 2.05) is 13.8 Å². The average molecular weight is 395 g/mol. The number of nitrogens with zero attached hydrogens (tertiary/aromatic N) is 3. The number of methoxy groups -OCH3 is 1. The molecule has 0 radical (unpaired) electrons. The van der Waals surface area contributed by atoms with Gasteiger partial charge in [-0.15, -0.1) is 0 Å². The van der Waals surface area contributed by atoms with E-state index < -0.39 is 21.9 Å². The Bertz CT molecular complexity index is 839. The minimum Gasteiger partial charge on any atom is -0.480 e. The van der Waals surface area contributed by atoms with E-state index in [-0.39, 0.29) is 41.7 Å². The first-order chi connectivity index (χ1) is 12.7. The van der Waals surface area contributed by atoms with Gasteiger partial charge in [-0.05, 0) is 18.1 Å². The van der Waals surface area contributed by atoms with Crippen LogP contribution in [0.1, 0.15) is 30.6 Å². The number of ether oxygens (including phenoxy) is 1. The van der Waals surface area contributed by atoms with E-state index in [4.69, 9.17) is 4.74 Å². The molecule has 2 amide bonds. The summed E-state index contributed by atoms with van der Waals surface area (Å²) in [6.45, 7) is 4.53. The highest BCUT2D eigenvalue weighted by Crippen LogP contribution is 2.30. The highest BCUT2D eigenvalue weighted by atomic mass is 32.2. The van der Waals surface area contributed by atoms with Crippen molar-refractivity contribution in [3.63, 3.8) is 0 Å². The molecular formula is C18H25N3O5S. The van der Waals surface area contributed by atoms with Crippen molar-refractivity contribution in [1.29, 1.82) is 0 Å². The fraction of sp³-hybridized carbons (Fsp3) is 0.611. The van der Waals surface area contributed by atoms with Gasteiger partial charge in [0.05, 0.1) is 30.7 Å². The molecule has 2 aliphatic rings. The van der Waals surface area contributed by atoms with Crippen LogP contribution in [-0.4, -0.2) is 78.8 Å². The van der Waals surface area contributed by atoms with Gasteiger partial charge in [-0.25, -0.2) is 13.4 Å².